The number of benzene rings is 1. The number of nitrogens with zero attached hydrogens (tertiary/aromatic N) is 1. The molecule has 2 amide bonds. The molecule has 1 aliphatic heterocycles. The van der Waals surface area contributed by atoms with E-state index in [1.165, 1.54) is 12.8 Å². The van der Waals surface area contributed by atoms with Gasteiger partial charge in [-0.3, -0.25) is 9.59 Å². The van der Waals surface area contributed by atoms with Crippen LogP contribution in [-0.4, -0.2) is 50.1 Å². The third kappa shape index (κ3) is 4.85. The van der Waals surface area contributed by atoms with Crippen LogP contribution in [0.1, 0.15) is 45.1 Å². The summed E-state index contributed by atoms with van der Waals surface area (Å²) in [5.74, 6) is 2.39. The Bertz CT molecular complexity index is 736. The van der Waals surface area contributed by atoms with Gasteiger partial charge in [0.05, 0.1) is 20.1 Å². The molecule has 0 unspecified atom stereocenters. The van der Waals surface area contributed by atoms with E-state index in [4.69, 9.17) is 9.47 Å². The summed E-state index contributed by atoms with van der Waals surface area (Å²) in [5.41, 5.74) is 1.07. The Labute approximate surface area is 173 Å². The first-order valence-electron chi connectivity index (χ1n) is 10.7. The minimum absolute atomic E-state index is 0.0159. The molecular formula is C23H34N2O4. The molecule has 6 heteroatoms. The van der Waals surface area contributed by atoms with Gasteiger partial charge in [0.1, 0.15) is 0 Å². The number of likely N-dealkylation sites (tertiary alicyclic amines) is 1. The van der Waals surface area contributed by atoms with Crippen molar-refractivity contribution >= 4 is 11.8 Å². The van der Waals surface area contributed by atoms with Crippen LogP contribution in [0.15, 0.2) is 18.2 Å². The van der Waals surface area contributed by atoms with Gasteiger partial charge in [0.25, 0.3) is 0 Å². The third-order valence-corrected chi connectivity index (χ3v) is 6.75. The lowest BCUT2D eigenvalue weighted by atomic mass is 9.77. The highest BCUT2D eigenvalue weighted by atomic mass is 16.5. The first kappa shape index (κ1) is 21.5. The van der Waals surface area contributed by atoms with E-state index in [9.17, 15) is 9.59 Å². The molecule has 1 N–H and O–H groups in total. The summed E-state index contributed by atoms with van der Waals surface area (Å²) in [6.07, 6.45) is 4.50. The lowest BCUT2D eigenvalue weighted by Crippen LogP contribution is -2.45. The van der Waals surface area contributed by atoms with E-state index in [-0.39, 0.29) is 23.8 Å². The molecule has 1 aliphatic carbocycles. The molecular weight excluding hydrogens is 368 g/mol. The Hall–Kier alpha value is -2.24. The first-order chi connectivity index (χ1) is 13.9. The van der Waals surface area contributed by atoms with Crippen LogP contribution < -0.4 is 14.8 Å². The molecule has 0 aromatic heterocycles. The summed E-state index contributed by atoms with van der Waals surface area (Å²) in [6.45, 7) is 5.62. The molecule has 1 saturated carbocycles. The van der Waals surface area contributed by atoms with Crippen molar-refractivity contribution in [2.75, 3.05) is 27.3 Å². The monoisotopic (exact) mass is 402 g/mol. The van der Waals surface area contributed by atoms with Crippen LogP contribution in [-0.2, 0) is 16.0 Å². The molecule has 3 rings (SSSR count). The predicted octanol–water partition coefficient (Wildman–Crippen LogP) is 3.04. The topological polar surface area (TPSA) is 67.9 Å². The summed E-state index contributed by atoms with van der Waals surface area (Å²) in [6, 6.07) is 6.06. The molecule has 160 valence electrons. The van der Waals surface area contributed by atoms with E-state index in [0.717, 1.165) is 12.0 Å². The predicted molar refractivity (Wildman–Crippen MR) is 112 cm³/mol. The van der Waals surface area contributed by atoms with Crippen LogP contribution >= 0.6 is 0 Å². The number of nitrogens with one attached hydrogen (secondary N) is 1. The van der Waals surface area contributed by atoms with E-state index >= 15 is 0 Å². The second-order valence-corrected chi connectivity index (χ2v) is 8.51. The van der Waals surface area contributed by atoms with Gasteiger partial charge in [0.2, 0.25) is 11.8 Å². The minimum atomic E-state index is -0.239. The van der Waals surface area contributed by atoms with Crippen LogP contribution in [0.25, 0.3) is 0 Å². The molecule has 0 radical (unpaired) electrons. The highest BCUT2D eigenvalue weighted by Gasteiger charge is 2.41. The number of methoxy groups -OCH3 is 2. The molecule has 1 saturated heterocycles. The molecule has 1 aromatic rings. The molecule has 29 heavy (non-hydrogen) atoms. The third-order valence-electron chi connectivity index (χ3n) is 6.75. The lowest BCUT2D eigenvalue weighted by Gasteiger charge is -2.40. The van der Waals surface area contributed by atoms with E-state index in [1.807, 2.05) is 23.1 Å². The summed E-state index contributed by atoms with van der Waals surface area (Å²) in [7, 11) is 3.22. The van der Waals surface area contributed by atoms with Crippen LogP contribution in [0, 0.1) is 17.8 Å². The standard InChI is InChI=1S/C23H34N2O4/c1-15-6-5-7-19(16(15)2)25-14-18(13-22(25)26)23(27)24-11-10-17-8-9-20(28-3)21(12-17)29-4/h8-9,12,15-16,18-19H,5-7,10-11,13-14H2,1-4H3,(H,24,27)/t15-,16-,18-,19-/m1/s1. The van der Waals surface area contributed by atoms with Crippen molar-refractivity contribution < 1.29 is 19.1 Å². The molecule has 2 fully saturated rings. The van der Waals surface area contributed by atoms with Gasteiger partial charge in [0, 0.05) is 25.6 Å². The van der Waals surface area contributed by atoms with E-state index in [1.54, 1.807) is 14.2 Å². The zero-order valence-electron chi connectivity index (χ0n) is 18.1. The summed E-state index contributed by atoms with van der Waals surface area (Å²) >= 11 is 0. The van der Waals surface area contributed by atoms with Gasteiger partial charge < -0.3 is 19.7 Å². The first-order valence-corrected chi connectivity index (χ1v) is 10.7. The Morgan fingerprint density at radius 1 is 1.17 bits per heavy atom. The van der Waals surface area contributed by atoms with Gasteiger partial charge in [-0.05, 0) is 42.4 Å². The number of hydrogen-bond donors (Lipinski definition) is 1. The van der Waals surface area contributed by atoms with Crippen molar-refractivity contribution in [3.8, 4) is 11.5 Å². The van der Waals surface area contributed by atoms with Crippen molar-refractivity contribution in [3.63, 3.8) is 0 Å². The summed E-state index contributed by atoms with van der Waals surface area (Å²) in [4.78, 5) is 27.2. The van der Waals surface area contributed by atoms with Crippen molar-refractivity contribution in [3.05, 3.63) is 23.8 Å². The van der Waals surface area contributed by atoms with Gasteiger partial charge in [-0.25, -0.2) is 0 Å². The number of carbonyl (C=O) groups is 2. The maximum Gasteiger partial charge on any atom is 0.225 e. The van der Waals surface area contributed by atoms with Crippen molar-refractivity contribution in [1.82, 2.24) is 10.2 Å². The quantitative estimate of drug-likeness (QED) is 0.761. The number of ether oxygens (including phenoxy) is 2. The van der Waals surface area contributed by atoms with E-state index < -0.39 is 0 Å². The Balaban J connectivity index is 1.51. The second kappa shape index (κ2) is 9.51. The second-order valence-electron chi connectivity index (χ2n) is 8.51. The van der Waals surface area contributed by atoms with Crippen LogP contribution in [0.5, 0.6) is 11.5 Å². The average molecular weight is 403 g/mol. The molecule has 1 aromatic carbocycles. The lowest BCUT2D eigenvalue weighted by molar-refractivity contribution is -0.132. The molecule has 1 heterocycles. The molecule has 6 nitrogen and oxygen atoms in total. The zero-order valence-corrected chi connectivity index (χ0v) is 18.1. The SMILES string of the molecule is COc1ccc(CCNC(=O)[C@@H]2CC(=O)N([C@@H]3CCC[C@@H](C)[C@H]3C)C2)cc1OC. The normalized spacial score (nSPS) is 27.0. The Morgan fingerprint density at radius 2 is 1.93 bits per heavy atom. The van der Waals surface area contributed by atoms with Crippen molar-refractivity contribution in [2.24, 2.45) is 17.8 Å². The fraction of sp³-hybridized carbons (Fsp3) is 0.652. The van der Waals surface area contributed by atoms with Gasteiger partial charge in [0.15, 0.2) is 11.5 Å². The zero-order chi connectivity index (χ0) is 21.0. The van der Waals surface area contributed by atoms with Crippen molar-refractivity contribution in [2.45, 2.75) is 52.0 Å². The maximum atomic E-state index is 12.6. The smallest absolute Gasteiger partial charge is 0.225 e. The molecule has 0 bridgehead atoms. The molecule has 0 spiro atoms. The van der Waals surface area contributed by atoms with Gasteiger partial charge in [-0.1, -0.05) is 32.8 Å². The van der Waals surface area contributed by atoms with Gasteiger partial charge in [-0.15, -0.1) is 0 Å². The van der Waals surface area contributed by atoms with E-state index in [2.05, 4.69) is 19.2 Å². The van der Waals surface area contributed by atoms with Crippen LogP contribution in [0.2, 0.25) is 0 Å². The highest BCUT2D eigenvalue weighted by molar-refractivity contribution is 5.89. The average Bonchev–Trinajstić information content (AvgIpc) is 3.11. The number of rotatable bonds is 7. The molecule has 2 aliphatic rings. The van der Waals surface area contributed by atoms with E-state index in [0.29, 0.717) is 49.3 Å². The number of carbonyl (C=O) groups excluding carboxylic acids is 2. The maximum absolute atomic E-state index is 12.6. The fourth-order valence-corrected chi connectivity index (χ4v) is 4.73. The Morgan fingerprint density at radius 3 is 2.66 bits per heavy atom. The summed E-state index contributed by atoms with van der Waals surface area (Å²) in [5, 5.41) is 3.01. The Kier molecular flexibility index (Phi) is 7.04. The minimum Gasteiger partial charge on any atom is -0.493 e. The highest BCUT2D eigenvalue weighted by Crippen LogP contribution is 2.35. The fourth-order valence-electron chi connectivity index (χ4n) is 4.73. The largest absolute Gasteiger partial charge is 0.493 e. The van der Waals surface area contributed by atoms with Crippen LogP contribution in [0.3, 0.4) is 0 Å². The van der Waals surface area contributed by atoms with Crippen LogP contribution in [0.4, 0.5) is 0 Å². The molecule has 4 atom stereocenters. The summed E-state index contributed by atoms with van der Waals surface area (Å²) < 4.78 is 10.6. The number of hydrogen-bond acceptors (Lipinski definition) is 4. The van der Waals surface area contributed by atoms with Crippen molar-refractivity contribution in [1.29, 1.82) is 0 Å². The number of amides is 2. The van der Waals surface area contributed by atoms with Gasteiger partial charge in [-0.2, -0.15) is 0 Å². The van der Waals surface area contributed by atoms with Gasteiger partial charge >= 0.3 is 0 Å².